The second kappa shape index (κ2) is 5.87. The Hall–Kier alpha value is 0.250. The molecule has 0 bridgehead atoms. The van der Waals surface area contributed by atoms with E-state index < -0.39 is 0 Å². The van der Waals surface area contributed by atoms with Crippen LogP contribution < -0.4 is 0 Å². The first kappa shape index (κ1) is 11.3. The first-order valence-corrected chi connectivity index (χ1v) is 5.95. The number of alkyl halides is 1. The lowest BCUT2D eigenvalue weighted by atomic mass is 9.91. The second-order valence-corrected chi connectivity index (χ2v) is 4.68. The molecule has 1 aliphatic heterocycles. The Kier molecular flexibility index (Phi) is 5.12. The molecule has 0 amide bonds. The third-order valence-electron chi connectivity index (χ3n) is 3.02. The topological polar surface area (TPSA) is 9.23 Å². The van der Waals surface area contributed by atoms with Crippen LogP contribution in [0.3, 0.4) is 0 Å². The lowest BCUT2D eigenvalue weighted by molar-refractivity contribution is 0.0968. The van der Waals surface area contributed by atoms with E-state index in [0.29, 0.717) is 17.9 Å². The van der Waals surface area contributed by atoms with Crippen molar-refractivity contribution in [3.8, 4) is 0 Å². The zero-order chi connectivity index (χ0) is 9.68. The van der Waals surface area contributed by atoms with E-state index in [1.807, 2.05) is 0 Å². The molecule has 1 nitrogen and oxygen atoms in total. The quantitative estimate of drug-likeness (QED) is 0.624. The van der Waals surface area contributed by atoms with Gasteiger partial charge in [0.2, 0.25) is 0 Å². The van der Waals surface area contributed by atoms with Gasteiger partial charge in [-0.05, 0) is 37.5 Å². The summed E-state index contributed by atoms with van der Waals surface area (Å²) in [4.78, 5) is 0. The molecule has 1 saturated heterocycles. The molecule has 0 aromatic rings. The Morgan fingerprint density at radius 2 is 2.23 bits per heavy atom. The van der Waals surface area contributed by atoms with Crippen LogP contribution >= 0.6 is 11.6 Å². The minimum atomic E-state index is 0.532. The van der Waals surface area contributed by atoms with Gasteiger partial charge in [-0.15, -0.1) is 11.6 Å². The van der Waals surface area contributed by atoms with Crippen molar-refractivity contribution in [3.63, 3.8) is 0 Å². The molecule has 0 spiro atoms. The lowest BCUT2D eigenvalue weighted by Crippen LogP contribution is -2.14. The molecule has 2 atom stereocenters. The van der Waals surface area contributed by atoms with Gasteiger partial charge < -0.3 is 4.74 Å². The number of ether oxygens (including phenoxy) is 1. The summed E-state index contributed by atoms with van der Waals surface area (Å²) in [5, 5.41) is 0. The SMILES string of the molecule is CC(C)C(CCl)CCC1CCCO1. The van der Waals surface area contributed by atoms with Gasteiger partial charge in [-0.1, -0.05) is 13.8 Å². The maximum atomic E-state index is 5.91. The van der Waals surface area contributed by atoms with Crippen LogP contribution in [0.1, 0.15) is 39.5 Å². The van der Waals surface area contributed by atoms with Crippen LogP contribution in [0.2, 0.25) is 0 Å². The van der Waals surface area contributed by atoms with Gasteiger partial charge in [0.15, 0.2) is 0 Å². The van der Waals surface area contributed by atoms with Gasteiger partial charge in [0.25, 0.3) is 0 Å². The van der Waals surface area contributed by atoms with Crippen LogP contribution in [-0.4, -0.2) is 18.6 Å². The molecular weight excluding hydrogens is 184 g/mol. The van der Waals surface area contributed by atoms with Crippen LogP contribution in [0.25, 0.3) is 0 Å². The second-order valence-electron chi connectivity index (χ2n) is 4.37. The number of rotatable bonds is 5. The fourth-order valence-electron chi connectivity index (χ4n) is 1.86. The smallest absolute Gasteiger partial charge is 0.0576 e. The molecule has 0 aromatic carbocycles. The molecular formula is C11H21ClO. The predicted octanol–water partition coefficient (Wildman–Crippen LogP) is 3.46. The van der Waals surface area contributed by atoms with E-state index in [0.717, 1.165) is 12.5 Å². The standard InChI is InChI=1S/C11H21ClO/c1-9(2)10(8-12)5-6-11-4-3-7-13-11/h9-11H,3-8H2,1-2H3. The average molecular weight is 205 g/mol. The Morgan fingerprint density at radius 1 is 1.46 bits per heavy atom. The first-order valence-electron chi connectivity index (χ1n) is 5.41. The van der Waals surface area contributed by atoms with Crippen LogP contribution in [0, 0.1) is 11.8 Å². The average Bonchev–Trinajstić information content (AvgIpc) is 2.57. The minimum Gasteiger partial charge on any atom is -0.378 e. The van der Waals surface area contributed by atoms with E-state index in [-0.39, 0.29) is 0 Å². The highest BCUT2D eigenvalue weighted by atomic mass is 35.5. The third kappa shape index (κ3) is 3.86. The third-order valence-corrected chi connectivity index (χ3v) is 3.42. The van der Waals surface area contributed by atoms with Crippen molar-refractivity contribution >= 4 is 11.6 Å². The molecule has 78 valence electrons. The van der Waals surface area contributed by atoms with Crippen molar-refractivity contribution in [2.24, 2.45) is 11.8 Å². The molecule has 0 saturated carbocycles. The summed E-state index contributed by atoms with van der Waals surface area (Å²) in [6, 6.07) is 0. The Morgan fingerprint density at radius 3 is 2.69 bits per heavy atom. The Labute approximate surface area is 86.8 Å². The van der Waals surface area contributed by atoms with Gasteiger partial charge in [0, 0.05) is 12.5 Å². The number of hydrogen-bond acceptors (Lipinski definition) is 1. The largest absolute Gasteiger partial charge is 0.378 e. The monoisotopic (exact) mass is 204 g/mol. The van der Waals surface area contributed by atoms with Crippen LogP contribution in [0.15, 0.2) is 0 Å². The normalized spacial score (nSPS) is 25.4. The molecule has 2 heteroatoms. The Balaban J connectivity index is 2.15. The summed E-state index contributed by atoms with van der Waals surface area (Å²) in [7, 11) is 0. The number of hydrogen-bond donors (Lipinski definition) is 0. The highest BCUT2D eigenvalue weighted by Crippen LogP contribution is 2.24. The summed E-state index contributed by atoms with van der Waals surface area (Å²) in [5.74, 6) is 2.18. The van der Waals surface area contributed by atoms with Gasteiger partial charge in [0.05, 0.1) is 6.10 Å². The highest BCUT2D eigenvalue weighted by Gasteiger charge is 2.18. The zero-order valence-electron chi connectivity index (χ0n) is 8.76. The molecule has 0 aromatic heterocycles. The van der Waals surface area contributed by atoms with Crippen molar-refractivity contribution in [3.05, 3.63) is 0 Å². The van der Waals surface area contributed by atoms with E-state index in [4.69, 9.17) is 16.3 Å². The summed E-state index contributed by atoms with van der Waals surface area (Å²) in [6.45, 7) is 5.48. The molecule has 1 heterocycles. The van der Waals surface area contributed by atoms with Gasteiger partial charge in [-0.2, -0.15) is 0 Å². The molecule has 13 heavy (non-hydrogen) atoms. The molecule has 0 N–H and O–H groups in total. The summed E-state index contributed by atoms with van der Waals surface area (Å²) in [5.41, 5.74) is 0. The van der Waals surface area contributed by atoms with Crippen molar-refractivity contribution in [1.29, 1.82) is 0 Å². The molecule has 2 unspecified atom stereocenters. The summed E-state index contributed by atoms with van der Waals surface area (Å²) < 4.78 is 5.58. The fourth-order valence-corrected chi connectivity index (χ4v) is 2.37. The van der Waals surface area contributed by atoms with E-state index in [2.05, 4.69) is 13.8 Å². The number of halogens is 1. The molecule has 0 radical (unpaired) electrons. The minimum absolute atomic E-state index is 0.532. The van der Waals surface area contributed by atoms with Crippen molar-refractivity contribution in [2.75, 3.05) is 12.5 Å². The summed E-state index contributed by atoms with van der Waals surface area (Å²) >= 11 is 5.91. The predicted molar refractivity (Wildman–Crippen MR) is 57.3 cm³/mol. The lowest BCUT2D eigenvalue weighted by Gasteiger charge is -2.19. The molecule has 1 rings (SSSR count). The van der Waals surface area contributed by atoms with E-state index in [1.54, 1.807) is 0 Å². The van der Waals surface area contributed by atoms with Gasteiger partial charge in [0.1, 0.15) is 0 Å². The maximum Gasteiger partial charge on any atom is 0.0576 e. The zero-order valence-corrected chi connectivity index (χ0v) is 9.52. The Bertz CT molecular complexity index is 130. The first-order chi connectivity index (χ1) is 6.24. The van der Waals surface area contributed by atoms with Gasteiger partial charge >= 0.3 is 0 Å². The fraction of sp³-hybridized carbons (Fsp3) is 1.00. The van der Waals surface area contributed by atoms with Gasteiger partial charge in [-0.25, -0.2) is 0 Å². The highest BCUT2D eigenvalue weighted by molar-refractivity contribution is 6.18. The summed E-state index contributed by atoms with van der Waals surface area (Å²) in [6.07, 6.45) is 5.47. The van der Waals surface area contributed by atoms with Crippen molar-refractivity contribution in [1.82, 2.24) is 0 Å². The molecule has 1 fully saturated rings. The molecule has 0 aliphatic carbocycles. The van der Waals surface area contributed by atoms with Crippen molar-refractivity contribution in [2.45, 2.75) is 45.6 Å². The van der Waals surface area contributed by atoms with E-state index in [9.17, 15) is 0 Å². The van der Waals surface area contributed by atoms with E-state index in [1.165, 1.54) is 25.7 Å². The molecule has 1 aliphatic rings. The maximum absolute atomic E-state index is 5.91. The van der Waals surface area contributed by atoms with E-state index >= 15 is 0 Å². The van der Waals surface area contributed by atoms with Gasteiger partial charge in [-0.3, -0.25) is 0 Å². The van der Waals surface area contributed by atoms with Crippen LogP contribution in [0.4, 0.5) is 0 Å². The van der Waals surface area contributed by atoms with Crippen LogP contribution in [-0.2, 0) is 4.74 Å². The van der Waals surface area contributed by atoms with Crippen molar-refractivity contribution < 1.29 is 4.74 Å². The van der Waals surface area contributed by atoms with Crippen LogP contribution in [0.5, 0.6) is 0 Å².